The summed E-state index contributed by atoms with van der Waals surface area (Å²) >= 11 is 3.35. The van der Waals surface area contributed by atoms with Crippen LogP contribution in [0.3, 0.4) is 0 Å². The van der Waals surface area contributed by atoms with E-state index in [1.54, 1.807) is 20.8 Å². The van der Waals surface area contributed by atoms with Gasteiger partial charge in [0.25, 0.3) is 0 Å². The lowest BCUT2D eigenvalue weighted by Crippen LogP contribution is -2.61. The molecule has 2 rings (SSSR count). The number of sulfone groups is 1. The third-order valence-electron chi connectivity index (χ3n) is 4.13. The Balaban J connectivity index is 2.53. The van der Waals surface area contributed by atoms with Gasteiger partial charge in [0.15, 0.2) is 21.1 Å². The Morgan fingerprint density at radius 2 is 1.74 bits per heavy atom. The van der Waals surface area contributed by atoms with Gasteiger partial charge >= 0.3 is 5.97 Å². The zero-order chi connectivity index (χ0) is 21.0. The Hall–Kier alpha value is -1.09. The van der Waals surface area contributed by atoms with E-state index in [2.05, 4.69) is 15.9 Å². The topological polar surface area (TPSA) is 90.0 Å². The van der Waals surface area contributed by atoms with Crippen molar-refractivity contribution in [1.82, 2.24) is 4.90 Å². The number of hydrogen-bond donors (Lipinski definition) is 0. The molecule has 0 saturated carbocycles. The fourth-order valence-electron chi connectivity index (χ4n) is 2.70. The molecule has 1 unspecified atom stereocenters. The summed E-state index contributed by atoms with van der Waals surface area (Å²) in [6.07, 6.45) is -0.0660. The van der Waals surface area contributed by atoms with Crippen molar-refractivity contribution in [3.63, 3.8) is 0 Å². The molecule has 27 heavy (non-hydrogen) atoms. The van der Waals surface area contributed by atoms with Crippen molar-refractivity contribution in [2.24, 2.45) is 5.41 Å². The molecule has 1 fully saturated rings. The third-order valence-corrected chi connectivity index (χ3v) is 6.83. The second kappa shape index (κ2) is 6.76. The van der Waals surface area contributed by atoms with E-state index in [-0.39, 0.29) is 41.6 Å². The predicted molar refractivity (Wildman–Crippen MR) is 105 cm³/mol. The first-order valence-electron chi connectivity index (χ1n) is 8.78. The normalized spacial score (nSPS) is 24.7. The van der Waals surface area contributed by atoms with E-state index in [1.165, 1.54) is 6.92 Å². The van der Waals surface area contributed by atoms with Crippen LogP contribution in [0.25, 0.3) is 0 Å². The van der Waals surface area contributed by atoms with Crippen LogP contribution in [-0.2, 0) is 28.9 Å². The number of esters is 1. The van der Waals surface area contributed by atoms with Crippen molar-refractivity contribution in [1.29, 1.82) is 0 Å². The molecule has 2 heterocycles. The number of carbonyl (C=O) groups excluding carboxylic acids is 2. The number of rotatable bonds is 4. The Morgan fingerprint density at radius 3 is 2.19 bits per heavy atom. The maximum Gasteiger partial charge on any atom is 0.327 e. The van der Waals surface area contributed by atoms with Gasteiger partial charge in [-0.15, -0.1) is 0 Å². The second-order valence-electron chi connectivity index (χ2n) is 9.37. The van der Waals surface area contributed by atoms with Crippen molar-refractivity contribution in [3.05, 3.63) is 11.5 Å². The summed E-state index contributed by atoms with van der Waals surface area (Å²) in [5.41, 5.74) is -0.779. The second-order valence-corrected chi connectivity index (χ2v) is 13.1. The van der Waals surface area contributed by atoms with Crippen LogP contribution < -0.4 is 0 Å². The van der Waals surface area contributed by atoms with Gasteiger partial charge in [0, 0.05) is 5.57 Å². The molecule has 0 aromatic rings. The first-order valence-corrected chi connectivity index (χ1v) is 11.3. The third kappa shape index (κ3) is 4.67. The van der Waals surface area contributed by atoms with Crippen LogP contribution in [0.5, 0.6) is 0 Å². The van der Waals surface area contributed by atoms with Gasteiger partial charge in [0.05, 0.1) is 18.8 Å². The number of carbonyl (C=O) groups is 2. The summed E-state index contributed by atoms with van der Waals surface area (Å²) in [7, 11) is -3.62. The lowest BCUT2D eigenvalue weighted by molar-refractivity contribution is -0.156. The molecule has 0 radical (unpaired) electrons. The summed E-state index contributed by atoms with van der Waals surface area (Å²) in [5, 5.41) is -0.925. The minimum absolute atomic E-state index is 0.0660. The largest absolute Gasteiger partial charge is 0.478 e. The van der Waals surface area contributed by atoms with Crippen molar-refractivity contribution >= 4 is 37.6 Å². The van der Waals surface area contributed by atoms with E-state index < -0.39 is 31.1 Å². The lowest BCUT2D eigenvalue weighted by Gasteiger charge is -2.46. The van der Waals surface area contributed by atoms with E-state index in [1.807, 2.05) is 20.8 Å². The van der Waals surface area contributed by atoms with E-state index in [0.29, 0.717) is 0 Å². The zero-order valence-corrected chi connectivity index (χ0v) is 19.3. The quantitative estimate of drug-likeness (QED) is 0.360. The maximum atomic E-state index is 12.8. The average molecular weight is 466 g/mol. The van der Waals surface area contributed by atoms with Crippen LogP contribution in [0.2, 0.25) is 0 Å². The number of ether oxygens (including phenoxy) is 2. The summed E-state index contributed by atoms with van der Waals surface area (Å²) in [4.78, 5) is 26.1. The molecule has 1 saturated heterocycles. The Kier molecular flexibility index (Phi) is 5.56. The van der Waals surface area contributed by atoms with Gasteiger partial charge in [0.1, 0.15) is 9.93 Å². The number of hydrogen-bond acceptors (Lipinski definition) is 6. The van der Waals surface area contributed by atoms with Gasteiger partial charge in [-0.2, -0.15) is 0 Å². The highest BCUT2D eigenvalue weighted by Gasteiger charge is 2.56. The molecule has 2 aliphatic heterocycles. The number of fused-ring (bicyclic) bond motifs is 1. The van der Waals surface area contributed by atoms with Crippen molar-refractivity contribution < 1.29 is 27.5 Å². The molecule has 2 aliphatic rings. The maximum absolute atomic E-state index is 12.8. The molecule has 7 nitrogen and oxygen atoms in total. The van der Waals surface area contributed by atoms with Crippen LogP contribution in [0.1, 0.15) is 54.9 Å². The number of amides is 1. The van der Waals surface area contributed by atoms with E-state index in [4.69, 9.17) is 9.47 Å². The summed E-state index contributed by atoms with van der Waals surface area (Å²) in [6, 6.07) is 0. The SMILES string of the molecule is CC(C)(C)COC1=C(C(C)(Br)C(=O)OC(C)(C)C)CS(=O)(=O)[C@H]2CC(=O)N12. The zero-order valence-electron chi connectivity index (χ0n) is 16.9. The predicted octanol–water partition coefficient (Wildman–Crippen LogP) is 2.74. The van der Waals surface area contributed by atoms with Crippen molar-refractivity contribution in [3.8, 4) is 0 Å². The van der Waals surface area contributed by atoms with Crippen LogP contribution >= 0.6 is 15.9 Å². The van der Waals surface area contributed by atoms with Gasteiger partial charge in [-0.1, -0.05) is 36.7 Å². The van der Waals surface area contributed by atoms with E-state index >= 15 is 0 Å². The van der Waals surface area contributed by atoms with Crippen LogP contribution in [0.15, 0.2) is 11.5 Å². The number of β-lactam (4-membered cyclic amide) rings is 1. The van der Waals surface area contributed by atoms with Crippen LogP contribution in [0.4, 0.5) is 0 Å². The van der Waals surface area contributed by atoms with Crippen LogP contribution in [-0.4, -0.2) is 52.9 Å². The fourth-order valence-corrected chi connectivity index (χ4v) is 5.21. The monoisotopic (exact) mass is 465 g/mol. The molecular formula is C18H28BrNO6S. The molecule has 154 valence electrons. The number of halogens is 1. The summed E-state index contributed by atoms with van der Waals surface area (Å²) in [5.74, 6) is -1.20. The number of nitrogens with zero attached hydrogens (tertiary/aromatic N) is 1. The van der Waals surface area contributed by atoms with Gasteiger partial charge < -0.3 is 9.47 Å². The Bertz CT molecular complexity index is 786. The minimum atomic E-state index is -3.62. The molecule has 9 heteroatoms. The van der Waals surface area contributed by atoms with Crippen LogP contribution in [0, 0.1) is 5.41 Å². The molecule has 0 aliphatic carbocycles. The molecule has 0 spiro atoms. The minimum Gasteiger partial charge on any atom is -0.478 e. The molecule has 0 aromatic carbocycles. The van der Waals surface area contributed by atoms with Crippen molar-refractivity contribution in [2.45, 2.75) is 70.2 Å². The average Bonchev–Trinajstić information content (AvgIpc) is 2.42. The highest BCUT2D eigenvalue weighted by Crippen LogP contribution is 2.43. The molecule has 0 bridgehead atoms. The molecule has 2 atom stereocenters. The Labute approximate surface area is 169 Å². The molecule has 1 amide bonds. The molecular weight excluding hydrogens is 438 g/mol. The summed E-state index contributed by atoms with van der Waals surface area (Å²) < 4.78 is 35.2. The van der Waals surface area contributed by atoms with Gasteiger partial charge in [-0.05, 0) is 33.1 Å². The first kappa shape index (κ1) is 22.2. The van der Waals surface area contributed by atoms with E-state index in [0.717, 1.165) is 4.90 Å². The van der Waals surface area contributed by atoms with Gasteiger partial charge in [-0.25, -0.2) is 8.42 Å². The van der Waals surface area contributed by atoms with Gasteiger partial charge in [0.2, 0.25) is 5.91 Å². The van der Waals surface area contributed by atoms with Crippen molar-refractivity contribution in [2.75, 3.05) is 12.4 Å². The summed E-state index contributed by atoms with van der Waals surface area (Å²) in [6.45, 7) is 12.9. The highest BCUT2D eigenvalue weighted by atomic mass is 79.9. The lowest BCUT2D eigenvalue weighted by atomic mass is 9.98. The standard InChI is InChI=1S/C18H28BrNO6S/c1-16(2,3)10-25-14-11(18(7,19)15(22)26-17(4,5)6)9-27(23,24)13-8-12(21)20(13)14/h13H,8-10H2,1-7H3/t13-,18?/m0/s1. The molecule has 0 N–H and O–H groups in total. The highest BCUT2D eigenvalue weighted by molar-refractivity contribution is 9.10. The Morgan fingerprint density at radius 1 is 1.19 bits per heavy atom. The van der Waals surface area contributed by atoms with E-state index in [9.17, 15) is 18.0 Å². The fraction of sp³-hybridized carbons (Fsp3) is 0.778. The smallest absolute Gasteiger partial charge is 0.327 e. The number of alkyl halides is 1. The van der Waals surface area contributed by atoms with Gasteiger partial charge in [-0.3, -0.25) is 14.5 Å². The first-order chi connectivity index (χ1) is 12.0. The molecule has 0 aromatic heterocycles.